The van der Waals surface area contributed by atoms with Gasteiger partial charge in [0, 0.05) is 51.2 Å². The zero-order valence-electron chi connectivity index (χ0n) is 20.0. The maximum Gasteiger partial charge on any atom is 0.191 e. The average Bonchev–Trinajstić information content (AvgIpc) is 3.34. The molecule has 3 heterocycles. The summed E-state index contributed by atoms with van der Waals surface area (Å²) in [5.41, 5.74) is 0. The van der Waals surface area contributed by atoms with Gasteiger partial charge < -0.3 is 20.4 Å². The Kier molecular flexibility index (Phi) is 10.6. The van der Waals surface area contributed by atoms with E-state index in [2.05, 4.69) is 61.7 Å². The van der Waals surface area contributed by atoms with Crippen molar-refractivity contribution in [3.05, 3.63) is 22.4 Å². The van der Waals surface area contributed by atoms with E-state index in [0.717, 1.165) is 25.0 Å². The summed E-state index contributed by atoms with van der Waals surface area (Å²) in [4.78, 5) is 13.7. The van der Waals surface area contributed by atoms with Crippen molar-refractivity contribution in [3.8, 4) is 0 Å². The highest BCUT2D eigenvalue weighted by Gasteiger charge is 2.25. The molecule has 2 fully saturated rings. The van der Waals surface area contributed by atoms with Gasteiger partial charge in [-0.2, -0.15) is 0 Å². The molecule has 0 bridgehead atoms. The number of nitrogens with zero attached hydrogens (tertiary/aromatic N) is 4. The molecule has 2 saturated heterocycles. The van der Waals surface area contributed by atoms with Gasteiger partial charge in [0.05, 0.1) is 6.04 Å². The number of aliphatic imine (C=N–C) groups is 1. The van der Waals surface area contributed by atoms with E-state index in [1.165, 1.54) is 82.9 Å². The first kappa shape index (κ1) is 24.5. The van der Waals surface area contributed by atoms with Crippen LogP contribution in [0.1, 0.15) is 50.4 Å². The van der Waals surface area contributed by atoms with E-state index < -0.39 is 0 Å². The molecule has 2 aliphatic rings. The van der Waals surface area contributed by atoms with Crippen molar-refractivity contribution in [3.63, 3.8) is 0 Å². The van der Waals surface area contributed by atoms with Gasteiger partial charge in [0.15, 0.2) is 5.96 Å². The van der Waals surface area contributed by atoms with Gasteiger partial charge in [-0.25, -0.2) is 0 Å². The van der Waals surface area contributed by atoms with Gasteiger partial charge in [-0.05, 0) is 69.2 Å². The van der Waals surface area contributed by atoms with Crippen LogP contribution in [0, 0.1) is 5.92 Å². The van der Waals surface area contributed by atoms with Crippen molar-refractivity contribution < 1.29 is 0 Å². The summed E-state index contributed by atoms with van der Waals surface area (Å²) < 4.78 is 0. The molecule has 176 valence electrons. The molecule has 0 spiro atoms. The van der Waals surface area contributed by atoms with E-state index in [9.17, 15) is 0 Å². The summed E-state index contributed by atoms with van der Waals surface area (Å²) in [5.74, 6) is 1.79. The van der Waals surface area contributed by atoms with Crippen LogP contribution in [0.15, 0.2) is 22.5 Å². The van der Waals surface area contributed by atoms with Crippen LogP contribution in [0.4, 0.5) is 0 Å². The van der Waals surface area contributed by atoms with Crippen LogP contribution in [-0.2, 0) is 0 Å². The van der Waals surface area contributed by atoms with Crippen LogP contribution in [0.25, 0.3) is 0 Å². The van der Waals surface area contributed by atoms with E-state index in [0.29, 0.717) is 6.04 Å². The van der Waals surface area contributed by atoms with Crippen molar-refractivity contribution in [2.45, 2.75) is 45.6 Å². The van der Waals surface area contributed by atoms with E-state index in [-0.39, 0.29) is 0 Å². The summed E-state index contributed by atoms with van der Waals surface area (Å²) in [6.45, 7) is 16.3. The lowest BCUT2D eigenvalue weighted by atomic mass is 9.97. The summed E-state index contributed by atoms with van der Waals surface area (Å²) >= 11 is 1.87. The minimum atomic E-state index is 0.438. The van der Waals surface area contributed by atoms with Crippen molar-refractivity contribution in [1.29, 1.82) is 0 Å². The second-order valence-corrected chi connectivity index (χ2v) is 10.1. The molecule has 0 saturated carbocycles. The Morgan fingerprint density at radius 2 is 1.84 bits per heavy atom. The maximum atomic E-state index is 4.47. The molecule has 2 aliphatic heterocycles. The number of thiophene rings is 1. The monoisotopic (exact) mass is 448 g/mol. The number of unbranched alkanes of at least 4 members (excludes halogenated alkanes) is 1. The minimum absolute atomic E-state index is 0.438. The second-order valence-electron chi connectivity index (χ2n) is 9.11. The Morgan fingerprint density at radius 1 is 1.10 bits per heavy atom. The number of guanidine groups is 1. The smallest absolute Gasteiger partial charge is 0.191 e. The molecule has 6 nitrogen and oxygen atoms in total. The molecule has 1 unspecified atom stereocenters. The third kappa shape index (κ3) is 8.04. The van der Waals surface area contributed by atoms with Gasteiger partial charge in [-0.3, -0.25) is 9.89 Å². The maximum absolute atomic E-state index is 4.47. The van der Waals surface area contributed by atoms with Crippen LogP contribution in [-0.4, -0.2) is 93.2 Å². The number of hydrogen-bond acceptors (Lipinski definition) is 5. The molecule has 31 heavy (non-hydrogen) atoms. The van der Waals surface area contributed by atoms with Crippen molar-refractivity contribution in [1.82, 2.24) is 25.3 Å². The van der Waals surface area contributed by atoms with Crippen LogP contribution in [0.3, 0.4) is 0 Å². The molecule has 1 aromatic heterocycles. The Hall–Kier alpha value is -1.15. The third-order valence-electron chi connectivity index (χ3n) is 6.92. The fourth-order valence-corrected chi connectivity index (χ4v) is 5.50. The first-order chi connectivity index (χ1) is 15.2. The van der Waals surface area contributed by atoms with Crippen LogP contribution in [0.5, 0.6) is 0 Å². The number of nitrogens with one attached hydrogen (secondary N) is 2. The number of piperazine rings is 1. The SMILES string of the molecule is CCN1CCN(CCCCNC(=NC)NCC(c2cccs2)N2CCC(C)CC2)CC1. The highest BCUT2D eigenvalue weighted by molar-refractivity contribution is 7.10. The Bertz CT molecular complexity index is 618. The molecule has 0 aromatic carbocycles. The quantitative estimate of drug-likeness (QED) is 0.327. The van der Waals surface area contributed by atoms with Gasteiger partial charge in [-0.1, -0.05) is 19.9 Å². The minimum Gasteiger partial charge on any atom is -0.356 e. The molecule has 0 radical (unpaired) electrons. The number of likely N-dealkylation sites (N-methyl/N-ethyl adjacent to an activating group) is 1. The molecular formula is C24H44N6S. The number of piperidine rings is 1. The van der Waals surface area contributed by atoms with E-state index in [4.69, 9.17) is 0 Å². The molecule has 1 atom stereocenters. The Labute approximate surface area is 194 Å². The van der Waals surface area contributed by atoms with Crippen LogP contribution < -0.4 is 10.6 Å². The van der Waals surface area contributed by atoms with Gasteiger partial charge in [0.25, 0.3) is 0 Å². The zero-order valence-corrected chi connectivity index (χ0v) is 20.8. The molecule has 7 heteroatoms. The lowest BCUT2D eigenvalue weighted by molar-refractivity contribution is 0.136. The number of likely N-dealkylation sites (tertiary alicyclic amines) is 1. The van der Waals surface area contributed by atoms with E-state index >= 15 is 0 Å². The Balaban J connectivity index is 1.35. The van der Waals surface area contributed by atoms with E-state index in [1.54, 1.807) is 0 Å². The zero-order chi connectivity index (χ0) is 21.9. The molecule has 3 rings (SSSR count). The van der Waals surface area contributed by atoms with Gasteiger partial charge in [0.2, 0.25) is 0 Å². The first-order valence-corrected chi connectivity index (χ1v) is 13.2. The fourth-order valence-electron chi connectivity index (χ4n) is 4.64. The Morgan fingerprint density at radius 3 is 2.48 bits per heavy atom. The summed E-state index contributed by atoms with van der Waals surface area (Å²) in [5, 5.41) is 9.34. The second kappa shape index (κ2) is 13.4. The lowest BCUT2D eigenvalue weighted by Crippen LogP contribution is -2.46. The number of rotatable bonds is 10. The molecule has 0 amide bonds. The molecule has 2 N–H and O–H groups in total. The van der Waals surface area contributed by atoms with Gasteiger partial charge >= 0.3 is 0 Å². The topological polar surface area (TPSA) is 46.1 Å². The highest BCUT2D eigenvalue weighted by atomic mass is 32.1. The van der Waals surface area contributed by atoms with Crippen LogP contribution >= 0.6 is 11.3 Å². The fraction of sp³-hybridized carbons (Fsp3) is 0.792. The van der Waals surface area contributed by atoms with Crippen molar-refractivity contribution in [2.24, 2.45) is 10.9 Å². The lowest BCUT2D eigenvalue weighted by Gasteiger charge is -2.36. The predicted octanol–water partition coefficient (Wildman–Crippen LogP) is 3.10. The third-order valence-corrected chi connectivity index (χ3v) is 7.90. The summed E-state index contributed by atoms with van der Waals surface area (Å²) in [6, 6.07) is 4.90. The normalized spacial score (nSPS) is 21.3. The van der Waals surface area contributed by atoms with Crippen molar-refractivity contribution >= 4 is 17.3 Å². The molecular weight excluding hydrogens is 404 g/mol. The standard InChI is InChI=1S/C24H44N6S/c1-4-28-15-17-29(18-16-28)12-6-5-11-26-24(25-3)27-20-22(23-8-7-19-31-23)30-13-9-21(2)10-14-30/h7-8,19,21-22H,4-6,9-18,20H2,1-3H3,(H2,25,26,27). The first-order valence-electron chi connectivity index (χ1n) is 12.4. The predicted molar refractivity (Wildman–Crippen MR) is 134 cm³/mol. The van der Waals surface area contributed by atoms with Crippen molar-refractivity contribution in [2.75, 3.05) is 72.5 Å². The molecule has 0 aliphatic carbocycles. The summed E-state index contributed by atoms with van der Waals surface area (Å²) in [7, 11) is 1.88. The number of hydrogen-bond donors (Lipinski definition) is 2. The summed E-state index contributed by atoms with van der Waals surface area (Å²) in [6.07, 6.45) is 5.05. The van der Waals surface area contributed by atoms with Gasteiger partial charge in [-0.15, -0.1) is 11.3 Å². The average molecular weight is 449 g/mol. The van der Waals surface area contributed by atoms with Gasteiger partial charge in [0.1, 0.15) is 0 Å². The molecule has 1 aromatic rings. The highest BCUT2D eigenvalue weighted by Crippen LogP contribution is 2.29. The van der Waals surface area contributed by atoms with E-state index in [1.807, 2.05) is 18.4 Å². The largest absolute Gasteiger partial charge is 0.356 e. The van der Waals surface area contributed by atoms with Crippen LogP contribution in [0.2, 0.25) is 0 Å².